The SMILES string of the molecule is COc1cc(CNC(=O)c2cn(C)nc2C(F)(F)F)ccc1OCc1ccccc1. The van der Waals surface area contributed by atoms with Crippen molar-refractivity contribution in [3.05, 3.63) is 77.1 Å². The topological polar surface area (TPSA) is 65.4 Å². The minimum Gasteiger partial charge on any atom is -0.493 e. The summed E-state index contributed by atoms with van der Waals surface area (Å²) in [6.45, 7) is 0.370. The van der Waals surface area contributed by atoms with Gasteiger partial charge in [0.25, 0.3) is 5.91 Å². The molecule has 0 spiro atoms. The normalized spacial score (nSPS) is 11.2. The first-order valence-electron chi connectivity index (χ1n) is 9.00. The van der Waals surface area contributed by atoms with E-state index in [-0.39, 0.29) is 6.54 Å². The molecule has 1 heterocycles. The number of nitrogens with zero attached hydrogens (tertiary/aromatic N) is 2. The van der Waals surface area contributed by atoms with Crippen molar-refractivity contribution in [2.45, 2.75) is 19.3 Å². The van der Waals surface area contributed by atoms with E-state index in [2.05, 4.69) is 10.4 Å². The molecule has 9 heteroatoms. The van der Waals surface area contributed by atoms with Gasteiger partial charge in [0.1, 0.15) is 6.61 Å². The Morgan fingerprint density at radius 3 is 2.50 bits per heavy atom. The van der Waals surface area contributed by atoms with Crippen molar-refractivity contribution in [2.24, 2.45) is 7.05 Å². The zero-order valence-corrected chi connectivity index (χ0v) is 16.4. The maximum atomic E-state index is 13.0. The number of methoxy groups -OCH3 is 1. The van der Waals surface area contributed by atoms with Crippen LogP contribution in [0.5, 0.6) is 11.5 Å². The molecule has 30 heavy (non-hydrogen) atoms. The van der Waals surface area contributed by atoms with Crippen molar-refractivity contribution in [2.75, 3.05) is 7.11 Å². The van der Waals surface area contributed by atoms with Gasteiger partial charge in [-0.3, -0.25) is 9.48 Å². The predicted molar refractivity (Wildman–Crippen MR) is 103 cm³/mol. The summed E-state index contributed by atoms with van der Waals surface area (Å²) in [6, 6.07) is 14.7. The van der Waals surface area contributed by atoms with Gasteiger partial charge in [0, 0.05) is 19.8 Å². The van der Waals surface area contributed by atoms with E-state index >= 15 is 0 Å². The highest BCUT2D eigenvalue weighted by atomic mass is 19.4. The lowest BCUT2D eigenvalue weighted by molar-refractivity contribution is -0.141. The third-order valence-corrected chi connectivity index (χ3v) is 4.26. The van der Waals surface area contributed by atoms with Crippen LogP contribution in [-0.4, -0.2) is 22.8 Å². The first-order chi connectivity index (χ1) is 14.3. The number of hydrogen-bond acceptors (Lipinski definition) is 4. The average Bonchev–Trinajstić information content (AvgIpc) is 3.14. The molecule has 0 bridgehead atoms. The Morgan fingerprint density at radius 2 is 1.83 bits per heavy atom. The molecule has 6 nitrogen and oxygen atoms in total. The highest BCUT2D eigenvalue weighted by Crippen LogP contribution is 2.31. The number of aryl methyl sites for hydroxylation is 1. The number of carbonyl (C=O) groups excluding carboxylic acids is 1. The molecule has 0 unspecified atom stereocenters. The van der Waals surface area contributed by atoms with Crippen LogP contribution in [0.2, 0.25) is 0 Å². The van der Waals surface area contributed by atoms with Crippen LogP contribution in [0.25, 0.3) is 0 Å². The third-order valence-electron chi connectivity index (χ3n) is 4.26. The number of nitrogens with one attached hydrogen (secondary N) is 1. The summed E-state index contributed by atoms with van der Waals surface area (Å²) in [7, 11) is 2.81. The minimum absolute atomic E-state index is 0.0142. The van der Waals surface area contributed by atoms with Gasteiger partial charge in [-0.25, -0.2) is 0 Å². The summed E-state index contributed by atoms with van der Waals surface area (Å²) < 4.78 is 51.2. The third kappa shape index (κ3) is 5.11. The van der Waals surface area contributed by atoms with E-state index < -0.39 is 23.3 Å². The Labute approximate surface area is 171 Å². The number of alkyl halides is 3. The molecule has 0 aliphatic heterocycles. The molecule has 2 aromatic carbocycles. The molecule has 0 saturated carbocycles. The molecule has 0 aliphatic carbocycles. The Bertz CT molecular complexity index is 1020. The average molecular weight is 419 g/mol. The van der Waals surface area contributed by atoms with Crippen LogP contribution in [0.3, 0.4) is 0 Å². The first kappa shape index (κ1) is 21.2. The monoisotopic (exact) mass is 419 g/mol. The molecular weight excluding hydrogens is 399 g/mol. The maximum absolute atomic E-state index is 13.0. The number of benzene rings is 2. The highest BCUT2D eigenvalue weighted by molar-refractivity contribution is 5.95. The summed E-state index contributed by atoms with van der Waals surface area (Å²) in [5, 5.41) is 5.82. The first-order valence-corrected chi connectivity index (χ1v) is 9.00. The van der Waals surface area contributed by atoms with Crippen LogP contribution >= 0.6 is 0 Å². The van der Waals surface area contributed by atoms with Crippen LogP contribution in [0.4, 0.5) is 13.2 Å². The van der Waals surface area contributed by atoms with Gasteiger partial charge >= 0.3 is 6.18 Å². The second-order valence-corrected chi connectivity index (χ2v) is 6.50. The van der Waals surface area contributed by atoms with Gasteiger partial charge in [0.05, 0.1) is 12.7 Å². The summed E-state index contributed by atoms with van der Waals surface area (Å²) in [5.74, 6) is 0.108. The van der Waals surface area contributed by atoms with Crippen molar-refractivity contribution in [1.82, 2.24) is 15.1 Å². The molecule has 0 atom stereocenters. The van der Waals surface area contributed by atoms with Crippen LogP contribution < -0.4 is 14.8 Å². The van der Waals surface area contributed by atoms with E-state index in [4.69, 9.17) is 9.47 Å². The van der Waals surface area contributed by atoms with E-state index in [0.29, 0.717) is 23.7 Å². The molecule has 1 amide bonds. The molecule has 1 aromatic heterocycles. The summed E-state index contributed by atoms with van der Waals surface area (Å²) in [4.78, 5) is 12.3. The van der Waals surface area contributed by atoms with Gasteiger partial charge in [-0.1, -0.05) is 36.4 Å². The maximum Gasteiger partial charge on any atom is 0.435 e. The molecule has 0 saturated heterocycles. The summed E-state index contributed by atoms with van der Waals surface area (Å²) in [6.07, 6.45) is -3.67. The number of hydrogen-bond donors (Lipinski definition) is 1. The van der Waals surface area contributed by atoms with Crippen molar-refractivity contribution in [3.63, 3.8) is 0 Å². The number of amides is 1. The van der Waals surface area contributed by atoms with Crippen molar-refractivity contribution in [3.8, 4) is 11.5 Å². The van der Waals surface area contributed by atoms with E-state index in [9.17, 15) is 18.0 Å². The van der Waals surface area contributed by atoms with Crippen LogP contribution in [0, 0.1) is 0 Å². The van der Waals surface area contributed by atoms with Crippen LogP contribution in [0.15, 0.2) is 54.7 Å². The Hall–Kier alpha value is -3.49. The number of rotatable bonds is 7. The number of aromatic nitrogens is 2. The quantitative estimate of drug-likeness (QED) is 0.630. The fourth-order valence-corrected chi connectivity index (χ4v) is 2.82. The molecule has 158 valence electrons. The number of carbonyl (C=O) groups is 1. The van der Waals surface area contributed by atoms with Gasteiger partial charge in [-0.15, -0.1) is 0 Å². The predicted octanol–water partition coefficient (Wildman–Crippen LogP) is 3.96. The molecule has 0 aliphatic rings. The molecule has 0 radical (unpaired) electrons. The molecule has 0 fully saturated rings. The zero-order chi connectivity index (χ0) is 21.7. The largest absolute Gasteiger partial charge is 0.493 e. The second-order valence-electron chi connectivity index (χ2n) is 6.50. The fourth-order valence-electron chi connectivity index (χ4n) is 2.82. The van der Waals surface area contributed by atoms with E-state index in [1.54, 1.807) is 18.2 Å². The van der Waals surface area contributed by atoms with Crippen LogP contribution in [0.1, 0.15) is 27.2 Å². The van der Waals surface area contributed by atoms with Crippen molar-refractivity contribution < 1.29 is 27.4 Å². The zero-order valence-electron chi connectivity index (χ0n) is 16.4. The lowest BCUT2D eigenvalue weighted by atomic mass is 10.1. The number of halogens is 3. The summed E-state index contributed by atoms with van der Waals surface area (Å²) >= 11 is 0. The lowest BCUT2D eigenvalue weighted by Crippen LogP contribution is -2.25. The van der Waals surface area contributed by atoms with Gasteiger partial charge in [-0.05, 0) is 23.3 Å². The standard InChI is InChI=1S/C21H20F3N3O3/c1-27-12-16(19(26-27)21(22,23)24)20(28)25-11-15-8-9-17(18(10-15)29-2)30-13-14-6-4-3-5-7-14/h3-10,12H,11,13H2,1-2H3,(H,25,28). The van der Waals surface area contributed by atoms with E-state index in [1.807, 2.05) is 30.3 Å². The van der Waals surface area contributed by atoms with Gasteiger partial charge < -0.3 is 14.8 Å². The molecule has 1 N–H and O–H groups in total. The molecular formula is C21H20F3N3O3. The Balaban J connectivity index is 1.67. The van der Waals surface area contributed by atoms with E-state index in [1.165, 1.54) is 14.2 Å². The van der Waals surface area contributed by atoms with Gasteiger partial charge in [0.2, 0.25) is 0 Å². The van der Waals surface area contributed by atoms with Gasteiger partial charge in [-0.2, -0.15) is 18.3 Å². The number of ether oxygens (including phenoxy) is 2. The lowest BCUT2D eigenvalue weighted by Gasteiger charge is -2.13. The Morgan fingerprint density at radius 1 is 1.10 bits per heavy atom. The highest BCUT2D eigenvalue weighted by Gasteiger charge is 2.38. The molecule has 3 rings (SSSR count). The summed E-state index contributed by atoms with van der Waals surface area (Å²) in [5.41, 5.74) is -0.109. The van der Waals surface area contributed by atoms with E-state index in [0.717, 1.165) is 16.4 Å². The van der Waals surface area contributed by atoms with Crippen LogP contribution in [-0.2, 0) is 26.4 Å². The second kappa shape index (κ2) is 8.89. The Kier molecular flexibility index (Phi) is 6.29. The molecule has 3 aromatic rings. The fraction of sp³-hybridized carbons (Fsp3) is 0.238. The smallest absolute Gasteiger partial charge is 0.435 e. The van der Waals surface area contributed by atoms with Gasteiger partial charge in [0.15, 0.2) is 17.2 Å². The van der Waals surface area contributed by atoms with Crippen molar-refractivity contribution in [1.29, 1.82) is 0 Å². The van der Waals surface area contributed by atoms with Crippen molar-refractivity contribution >= 4 is 5.91 Å². The minimum atomic E-state index is -4.71.